The molecular weight excluding hydrogens is 1030 g/mol. The molecule has 1 amide bonds. The molecule has 0 aromatic rings. The van der Waals surface area contributed by atoms with Gasteiger partial charge in [0.2, 0.25) is 5.91 Å². The summed E-state index contributed by atoms with van der Waals surface area (Å²) < 4.78 is 22.7. The summed E-state index contributed by atoms with van der Waals surface area (Å²) in [5, 5.41) is 86.7. The Labute approximate surface area is 488 Å². The fourth-order valence-electron chi connectivity index (χ4n) is 9.40. The molecule has 12 atom stereocenters. The number of ether oxygens (including phenoxy) is 4. The van der Waals surface area contributed by atoms with Crippen LogP contribution in [0.3, 0.4) is 0 Å². The van der Waals surface area contributed by atoms with Gasteiger partial charge in [0.25, 0.3) is 0 Å². The van der Waals surface area contributed by atoms with Crippen LogP contribution in [0.15, 0.2) is 122 Å². The molecule has 14 heteroatoms. The zero-order valence-electron chi connectivity index (χ0n) is 49.7. The van der Waals surface area contributed by atoms with Crippen LogP contribution in [0.5, 0.6) is 0 Å². The Morgan fingerprint density at radius 3 is 1.31 bits per heavy atom. The fraction of sp³-hybridized carbons (Fsp3) is 0.687. The molecule has 2 aliphatic heterocycles. The minimum Gasteiger partial charge on any atom is -0.394 e. The number of unbranched alkanes of at least 4 members (excludes halogenated alkanes) is 17. The van der Waals surface area contributed by atoms with Crippen molar-refractivity contribution in [1.82, 2.24) is 5.32 Å². The molecule has 0 radical (unpaired) electrons. The number of nitrogens with one attached hydrogen (secondary N) is 1. The number of carbonyl (C=O) groups is 1. The van der Waals surface area contributed by atoms with Crippen molar-refractivity contribution in [3.8, 4) is 0 Å². The van der Waals surface area contributed by atoms with Crippen molar-refractivity contribution in [1.29, 1.82) is 0 Å². The second kappa shape index (κ2) is 50.9. The van der Waals surface area contributed by atoms with Crippen molar-refractivity contribution >= 4 is 5.91 Å². The van der Waals surface area contributed by atoms with Gasteiger partial charge in [-0.1, -0.05) is 225 Å². The first kappa shape index (κ1) is 73.5. The first-order chi connectivity index (χ1) is 39.6. The Morgan fingerprint density at radius 2 is 0.852 bits per heavy atom. The lowest BCUT2D eigenvalue weighted by atomic mass is 9.97. The SMILES string of the molecule is CC/C=C\C/C=C\C/C=C\C/C=C\C/C=C\C/C=C\C/C=C\C/C=C\C/C=C\CCCCCCCCCCCCCC(=O)NC(COC1OC(CO)C(OC2OC(CO)C(O)C(O)C2O)C(O)C1O)C(O)/C=C/CCCCCCCC. The van der Waals surface area contributed by atoms with E-state index in [1.807, 2.05) is 6.08 Å². The van der Waals surface area contributed by atoms with Gasteiger partial charge in [0.1, 0.15) is 48.8 Å². The summed E-state index contributed by atoms with van der Waals surface area (Å²) >= 11 is 0. The zero-order chi connectivity index (χ0) is 58.8. The van der Waals surface area contributed by atoms with Gasteiger partial charge in [-0.05, 0) is 89.9 Å². The normalized spacial score (nSPS) is 25.0. The standard InChI is InChI=1S/C67H111NO13/c1-3-5-7-9-11-13-14-15-16-17-18-19-20-21-22-23-24-25-26-27-28-29-30-31-32-33-34-35-36-37-38-39-40-41-42-43-45-47-49-51-59(72)68-55(56(71)50-48-46-44-12-10-8-6-4-2)54-78-66-64(77)62(75)65(58(53-70)80-66)81-67-63(76)61(74)60(73)57(52-69)79-67/h5,7,11,13,15-16,18-19,21-22,24-25,27-28,30-31,33-34,48,50,55-58,60-67,69-71,73-77H,3-4,6,8-10,12,14,17,20,23,26,29,32,35-47,49,51-54H2,1-2H3,(H,68,72)/b7-5-,13-11-,16-15-,19-18-,22-21-,25-24-,28-27-,31-30-,34-33-,50-48+. The number of hydrogen-bond donors (Lipinski definition) is 9. The van der Waals surface area contributed by atoms with Crippen molar-refractivity contribution in [3.05, 3.63) is 122 Å². The fourth-order valence-corrected chi connectivity index (χ4v) is 9.40. The van der Waals surface area contributed by atoms with E-state index >= 15 is 0 Å². The van der Waals surface area contributed by atoms with Crippen LogP contribution in [-0.4, -0.2) is 140 Å². The average molecular weight is 1140 g/mol. The highest BCUT2D eigenvalue weighted by atomic mass is 16.7. The van der Waals surface area contributed by atoms with Crippen LogP contribution in [0.25, 0.3) is 0 Å². The maximum Gasteiger partial charge on any atom is 0.220 e. The molecule has 0 bridgehead atoms. The topological polar surface area (TPSA) is 228 Å². The second-order valence-corrected chi connectivity index (χ2v) is 21.5. The quantitative estimate of drug-likeness (QED) is 0.0204. The highest BCUT2D eigenvalue weighted by Gasteiger charge is 2.51. The molecule has 2 rings (SSSR count). The molecule has 0 aliphatic carbocycles. The summed E-state index contributed by atoms with van der Waals surface area (Å²) in [4.78, 5) is 13.2. The van der Waals surface area contributed by atoms with Crippen LogP contribution in [0, 0.1) is 0 Å². The van der Waals surface area contributed by atoms with Crippen molar-refractivity contribution in [2.24, 2.45) is 0 Å². The highest BCUT2D eigenvalue weighted by molar-refractivity contribution is 5.76. The molecule has 0 aromatic heterocycles. The van der Waals surface area contributed by atoms with Gasteiger partial charge in [0.05, 0.1) is 32.0 Å². The molecule has 14 nitrogen and oxygen atoms in total. The number of aliphatic hydroxyl groups excluding tert-OH is 8. The lowest BCUT2D eigenvalue weighted by Crippen LogP contribution is -2.65. The van der Waals surface area contributed by atoms with Gasteiger partial charge in [-0.15, -0.1) is 0 Å². The van der Waals surface area contributed by atoms with Crippen LogP contribution in [-0.2, 0) is 23.7 Å². The van der Waals surface area contributed by atoms with Gasteiger partial charge in [-0.3, -0.25) is 4.79 Å². The maximum absolute atomic E-state index is 13.2. The summed E-state index contributed by atoms with van der Waals surface area (Å²) in [5.74, 6) is -0.252. The van der Waals surface area contributed by atoms with Gasteiger partial charge >= 0.3 is 0 Å². The smallest absolute Gasteiger partial charge is 0.220 e. The molecule has 9 N–H and O–H groups in total. The van der Waals surface area contributed by atoms with Gasteiger partial charge in [-0.2, -0.15) is 0 Å². The third kappa shape index (κ3) is 36.0. The Bertz CT molecular complexity index is 1820. The van der Waals surface area contributed by atoms with Crippen molar-refractivity contribution in [2.75, 3.05) is 19.8 Å². The third-order valence-corrected chi connectivity index (χ3v) is 14.4. The molecule has 2 aliphatic rings. The van der Waals surface area contributed by atoms with Gasteiger partial charge in [-0.25, -0.2) is 0 Å². The van der Waals surface area contributed by atoms with Crippen LogP contribution in [0.1, 0.15) is 200 Å². The lowest BCUT2D eigenvalue weighted by molar-refractivity contribution is -0.359. The number of amides is 1. The summed E-state index contributed by atoms with van der Waals surface area (Å²) in [6.45, 7) is 2.60. The van der Waals surface area contributed by atoms with Crippen LogP contribution in [0.2, 0.25) is 0 Å². The number of hydrogen-bond acceptors (Lipinski definition) is 13. The Morgan fingerprint density at radius 1 is 0.457 bits per heavy atom. The van der Waals surface area contributed by atoms with Gasteiger partial charge in [0, 0.05) is 6.42 Å². The molecule has 0 aromatic carbocycles. The van der Waals surface area contributed by atoms with Crippen LogP contribution in [0.4, 0.5) is 0 Å². The molecule has 2 heterocycles. The maximum atomic E-state index is 13.2. The lowest BCUT2D eigenvalue weighted by Gasteiger charge is -2.46. The monoisotopic (exact) mass is 1140 g/mol. The molecule has 0 saturated carbocycles. The Balaban J connectivity index is 1.57. The molecule has 2 fully saturated rings. The van der Waals surface area contributed by atoms with E-state index in [0.29, 0.717) is 6.42 Å². The highest BCUT2D eigenvalue weighted by Crippen LogP contribution is 2.30. The predicted molar refractivity (Wildman–Crippen MR) is 327 cm³/mol. The van der Waals surface area contributed by atoms with E-state index in [1.54, 1.807) is 6.08 Å². The summed E-state index contributed by atoms with van der Waals surface area (Å²) in [6.07, 6.45) is 57.1. The van der Waals surface area contributed by atoms with E-state index in [2.05, 4.69) is 129 Å². The largest absolute Gasteiger partial charge is 0.394 e. The summed E-state index contributed by atoms with van der Waals surface area (Å²) in [7, 11) is 0. The molecule has 81 heavy (non-hydrogen) atoms. The summed E-state index contributed by atoms with van der Waals surface area (Å²) in [6, 6.07) is -0.921. The zero-order valence-corrected chi connectivity index (χ0v) is 49.7. The number of rotatable bonds is 48. The Hall–Kier alpha value is -3.61. The van der Waals surface area contributed by atoms with Crippen LogP contribution < -0.4 is 5.32 Å². The number of carbonyl (C=O) groups excluding carboxylic acids is 1. The minimum atomic E-state index is -1.79. The minimum absolute atomic E-state index is 0.252. The molecule has 12 unspecified atom stereocenters. The first-order valence-electron chi connectivity index (χ1n) is 31.3. The van der Waals surface area contributed by atoms with E-state index in [-0.39, 0.29) is 18.9 Å². The van der Waals surface area contributed by atoms with Crippen molar-refractivity contribution in [2.45, 2.75) is 274 Å². The first-order valence-corrected chi connectivity index (χ1v) is 31.3. The Kier molecular flexibility index (Phi) is 46.1. The van der Waals surface area contributed by atoms with Gasteiger partial charge < -0.3 is 65.1 Å². The molecule has 462 valence electrons. The molecule has 2 saturated heterocycles. The van der Waals surface area contributed by atoms with E-state index in [9.17, 15) is 45.6 Å². The third-order valence-electron chi connectivity index (χ3n) is 14.4. The van der Waals surface area contributed by atoms with E-state index in [4.69, 9.17) is 18.9 Å². The van der Waals surface area contributed by atoms with Crippen molar-refractivity contribution < 1.29 is 64.6 Å². The average Bonchev–Trinajstić information content (AvgIpc) is 3.51. The summed E-state index contributed by atoms with van der Waals surface area (Å²) in [5.41, 5.74) is 0. The van der Waals surface area contributed by atoms with Gasteiger partial charge in [0.15, 0.2) is 12.6 Å². The van der Waals surface area contributed by atoms with E-state index < -0.39 is 86.8 Å². The van der Waals surface area contributed by atoms with E-state index in [1.165, 1.54) is 64.2 Å². The number of aliphatic hydroxyl groups is 8. The molecular formula is C67H111NO13. The second-order valence-electron chi connectivity index (χ2n) is 21.5. The number of allylic oxidation sites excluding steroid dienone is 19. The van der Waals surface area contributed by atoms with Crippen molar-refractivity contribution in [3.63, 3.8) is 0 Å². The van der Waals surface area contributed by atoms with E-state index in [0.717, 1.165) is 109 Å². The predicted octanol–water partition coefficient (Wildman–Crippen LogP) is 11.4. The molecule has 0 spiro atoms. The van der Waals surface area contributed by atoms with Crippen LogP contribution >= 0.6 is 0 Å².